The number of aromatic nitrogens is 1. The Balaban J connectivity index is 0.992. The van der Waals surface area contributed by atoms with E-state index in [4.69, 9.17) is 15.2 Å². The van der Waals surface area contributed by atoms with E-state index in [1.54, 1.807) is 36.1 Å². The van der Waals surface area contributed by atoms with Crippen molar-refractivity contribution in [1.29, 1.82) is 0 Å². The van der Waals surface area contributed by atoms with Gasteiger partial charge in [0.2, 0.25) is 47.3 Å². The Labute approximate surface area is 521 Å². The van der Waals surface area contributed by atoms with E-state index in [1.165, 1.54) is 19.1 Å². The maximum Gasteiger partial charge on any atom is 0.246 e. The number of hydrogen-bond donors (Lipinski definition) is 8. The molecule has 2 bridgehead atoms. The second-order valence-electron chi connectivity index (χ2n) is 23.4. The van der Waals surface area contributed by atoms with E-state index in [-0.39, 0.29) is 68.7 Å². The van der Waals surface area contributed by atoms with Crippen molar-refractivity contribution in [3.05, 3.63) is 136 Å². The van der Waals surface area contributed by atoms with E-state index in [9.17, 15) is 38.4 Å². The first kappa shape index (κ1) is 68.3. The number of amides is 8. The summed E-state index contributed by atoms with van der Waals surface area (Å²) >= 11 is 0. The largest absolute Gasteiger partial charge is 0.497 e. The third kappa shape index (κ3) is 21.2. The van der Waals surface area contributed by atoms with Crippen LogP contribution in [0.3, 0.4) is 0 Å². The molecule has 22 heteroatoms. The summed E-state index contributed by atoms with van der Waals surface area (Å²) in [6.45, 7) is 7.44. The zero-order chi connectivity index (χ0) is 63.8. The second-order valence-corrected chi connectivity index (χ2v) is 23.4. The number of fused-ring (bicyclic) bond motifs is 5. The molecule has 2 aliphatic heterocycles. The third-order valence-corrected chi connectivity index (χ3v) is 16.4. The molecule has 0 saturated carbocycles. The highest BCUT2D eigenvalue weighted by molar-refractivity contribution is 5.94. The van der Waals surface area contributed by atoms with E-state index in [0.717, 1.165) is 59.0 Å². The molecular formula is C67H90FN11O10. The van der Waals surface area contributed by atoms with Gasteiger partial charge in [-0.05, 0) is 136 Å². The van der Waals surface area contributed by atoms with Crippen LogP contribution in [0.1, 0.15) is 112 Å². The van der Waals surface area contributed by atoms with E-state index < -0.39 is 66.2 Å². The lowest BCUT2D eigenvalue weighted by molar-refractivity contribution is -0.139. The minimum atomic E-state index is -1.12. The van der Waals surface area contributed by atoms with Crippen LogP contribution in [0.15, 0.2) is 97.2 Å². The number of likely N-dealkylation sites (tertiary alicyclic amines) is 1. The fraction of sp³-hybridized carbons (Fsp3) is 0.493. The van der Waals surface area contributed by atoms with Crippen LogP contribution >= 0.6 is 0 Å². The van der Waals surface area contributed by atoms with Crippen LogP contribution in [-0.4, -0.2) is 151 Å². The summed E-state index contributed by atoms with van der Waals surface area (Å²) in [7, 11) is 3.35. The van der Waals surface area contributed by atoms with Gasteiger partial charge in [-0.2, -0.15) is 0 Å². The average Bonchev–Trinajstić information content (AvgIpc) is 3.73. The number of ether oxygens (including phenoxy) is 2. The first-order chi connectivity index (χ1) is 42.9. The average molecular weight is 1230 g/mol. The van der Waals surface area contributed by atoms with E-state index in [0.29, 0.717) is 87.9 Å². The third-order valence-electron chi connectivity index (χ3n) is 16.4. The Morgan fingerprint density at radius 2 is 1.52 bits per heavy atom. The summed E-state index contributed by atoms with van der Waals surface area (Å²) in [6, 6.07) is 23.1. The van der Waals surface area contributed by atoms with Crippen LogP contribution in [0.25, 0.3) is 10.9 Å². The lowest BCUT2D eigenvalue weighted by Gasteiger charge is -2.27. The maximum atomic E-state index is 15.0. The number of aryl methyl sites for hydroxylation is 1. The fourth-order valence-corrected chi connectivity index (χ4v) is 11.2. The molecule has 0 aliphatic carbocycles. The van der Waals surface area contributed by atoms with Gasteiger partial charge in [0.25, 0.3) is 0 Å². The number of methoxy groups -OCH3 is 1. The summed E-state index contributed by atoms with van der Waals surface area (Å²) in [5, 5.41) is 20.9. The zero-order valence-electron chi connectivity index (χ0n) is 52.1. The predicted molar refractivity (Wildman–Crippen MR) is 337 cm³/mol. The molecule has 21 nitrogen and oxygen atoms in total. The molecule has 7 rings (SSSR count). The molecule has 3 heterocycles. The van der Waals surface area contributed by atoms with Crippen LogP contribution in [0.4, 0.5) is 4.39 Å². The molecule has 4 aromatic carbocycles. The van der Waals surface area contributed by atoms with Gasteiger partial charge < -0.3 is 66.8 Å². The Kier molecular flexibility index (Phi) is 26.5. The van der Waals surface area contributed by atoms with Gasteiger partial charge in [-0.25, -0.2) is 4.39 Å². The quantitative estimate of drug-likeness (QED) is 0.0538. The molecule has 2 aliphatic rings. The topological polar surface area (TPSA) is 277 Å². The Morgan fingerprint density at radius 1 is 0.787 bits per heavy atom. The van der Waals surface area contributed by atoms with E-state index >= 15 is 4.39 Å². The standard InChI is InChI=1S/C67H90FN11O10/c1-6-44(2)89-43-62(82)72-38-50-14-11-13-49(33-50)35-57-65(85)75-53(39-70-4)36-51-42-77(58-25-22-52(68)37-55(51)58)30-9-7-8-10-31-78(63(83)27-26-60(80)74-45(3)64(84)73-40-61(81)76-57)41-48-18-16-46(17-19-48)28-29-71-66(86)59-15-12-32-79(59)67(87)56(69)34-47-20-23-54(88-5)24-21-47/h11,13-14,16-25,33,37,42,44-45,53,56-57,59,70H,6-10,12,15,26-32,34-36,38-41,43,69H2,1-5H3,(H,71,86)(H,72,82)(H,73,84)(H,74,80)(H,75,85)(H,76,81)/t44-,45+,53+,56+,57+,59+/m1/s1. The molecule has 6 atom stereocenters. The SMILES string of the molecule is CC[C@@H](C)OCC(=O)NCc1cccc(C[C@@H]2NC(=O)CNC(=O)[C@H](C)NC(=O)CCC(=O)N(Cc3ccc(CCNC(=O)[C@@H]4CCCN4C(=O)[C@@H](N)Cc4ccc(OC)cc4)cc3)CCCCCCn3cc(c4cc(F)ccc43)C[C@@H](CNC)NC2=O)c1. The summed E-state index contributed by atoms with van der Waals surface area (Å²) in [5.41, 5.74) is 12.2. The van der Waals surface area contributed by atoms with Gasteiger partial charge >= 0.3 is 0 Å². The maximum absolute atomic E-state index is 15.0. The van der Waals surface area contributed by atoms with Crippen LogP contribution in [-0.2, 0) is 88.4 Å². The Bertz CT molecular complexity index is 3190. The minimum Gasteiger partial charge on any atom is -0.497 e. The highest BCUT2D eigenvalue weighted by Gasteiger charge is 2.36. The normalized spacial score (nSPS) is 19.6. The van der Waals surface area contributed by atoms with E-state index in [2.05, 4.69) is 41.8 Å². The number of nitrogens with zero attached hydrogens (tertiary/aromatic N) is 3. The molecule has 1 fully saturated rings. The number of nitrogens with two attached hydrogens (primary N) is 1. The van der Waals surface area contributed by atoms with Crippen molar-refractivity contribution in [3.8, 4) is 5.75 Å². The molecule has 89 heavy (non-hydrogen) atoms. The van der Waals surface area contributed by atoms with E-state index in [1.807, 2.05) is 86.8 Å². The molecule has 8 amide bonds. The summed E-state index contributed by atoms with van der Waals surface area (Å²) in [4.78, 5) is 112. The lowest BCUT2D eigenvalue weighted by Crippen LogP contribution is -2.55. The van der Waals surface area contributed by atoms with Crippen molar-refractivity contribution in [3.63, 3.8) is 0 Å². The van der Waals surface area contributed by atoms with Crippen molar-refractivity contribution in [2.75, 3.05) is 53.5 Å². The fourth-order valence-electron chi connectivity index (χ4n) is 11.2. The summed E-state index contributed by atoms with van der Waals surface area (Å²) in [6.07, 6.45) is 8.01. The lowest BCUT2D eigenvalue weighted by atomic mass is 10.0. The van der Waals surface area contributed by atoms with Crippen molar-refractivity contribution in [2.24, 2.45) is 5.73 Å². The van der Waals surface area contributed by atoms with Gasteiger partial charge in [0, 0.05) is 88.2 Å². The number of halogens is 1. The predicted octanol–water partition coefficient (Wildman–Crippen LogP) is 4.42. The molecule has 480 valence electrons. The summed E-state index contributed by atoms with van der Waals surface area (Å²) in [5.74, 6) is -3.01. The highest BCUT2D eigenvalue weighted by atomic mass is 19.1. The molecule has 0 spiro atoms. The van der Waals surface area contributed by atoms with Crippen molar-refractivity contribution < 1.29 is 52.2 Å². The molecular weight excluding hydrogens is 1140 g/mol. The number of benzene rings is 4. The Morgan fingerprint density at radius 3 is 2.26 bits per heavy atom. The zero-order valence-corrected chi connectivity index (χ0v) is 52.1. The second kappa shape index (κ2) is 34.5. The van der Waals surface area contributed by atoms with Gasteiger partial charge in [-0.3, -0.25) is 38.4 Å². The number of hydrogen-bond acceptors (Lipinski definition) is 12. The van der Waals surface area contributed by atoms with Crippen molar-refractivity contribution >= 4 is 58.2 Å². The van der Waals surface area contributed by atoms with Gasteiger partial charge in [0.05, 0.1) is 25.8 Å². The summed E-state index contributed by atoms with van der Waals surface area (Å²) < 4.78 is 27.9. The molecule has 0 unspecified atom stereocenters. The Hall–Kier alpha value is -8.21. The molecule has 0 radical (unpaired) electrons. The van der Waals surface area contributed by atoms with Crippen molar-refractivity contribution in [2.45, 2.75) is 160 Å². The van der Waals surface area contributed by atoms with Crippen LogP contribution in [0.2, 0.25) is 0 Å². The van der Waals surface area contributed by atoms with Gasteiger partial charge in [0.15, 0.2) is 0 Å². The molecule has 5 aromatic rings. The molecule has 1 saturated heterocycles. The monoisotopic (exact) mass is 1230 g/mol. The number of likely N-dealkylation sites (N-methyl/N-ethyl adjacent to an activating group) is 1. The minimum absolute atomic E-state index is 0.0515. The van der Waals surface area contributed by atoms with Gasteiger partial charge in [-0.1, -0.05) is 80.4 Å². The molecule has 1 aromatic heterocycles. The highest BCUT2D eigenvalue weighted by Crippen LogP contribution is 2.26. The van der Waals surface area contributed by atoms with Crippen LogP contribution in [0, 0.1) is 5.82 Å². The van der Waals surface area contributed by atoms with Crippen molar-refractivity contribution in [1.82, 2.24) is 51.6 Å². The number of rotatable bonds is 20. The van der Waals surface area contributed by atoms with Crippen LogP contribution < -0.4 is 47.7 Å². The smallest absolute Gasteiger partial charge is 0.246 e. The first-order valence-corrected chi connectivity index (χ1v) is 31.3. The first-order valence-electron chi connectivity index (χ1n) is 31.3. The molecule has 9 N–H and O–H groups in total. The van der Waals surface area contributed by atoms with Gasteiger partial charge in [0.1, 0.15) is 36.3 Å². The number of carbonyl (C=O) groups is 8. The van der Waals surface area contributed by atoms with Gasteiger partial charge in [-0.15, -0.1) is 0 Å². The number of nitrogens with one attached hydrogen (secondary N) is 7. The number of carbonyl (C=O) groups excluding carboxylic acids is 8. The van der Waals surface area contributed by atoms with Crippen LogP contribution in [0.5, 0.6) is 5.75 Å².